The van der Waals surface area contributed by atoms with Gasteiger partial charge in [-0.1, -0.05) is 6.07 Å². The number of methoxy groups -OCH3 is 1. The lowest BCUT2D eigenvalue weighted by atomic mass is 9.80. The Morgan fingerprint density at radius 2 is 1.95 bits per heavy atom. The molecule has 0 saturated heterocycles. The minimum atomic E-state index is -1.15. The van der Waals surface area contributed by atoms with Crippen LogP contribution in [0.15, 0.2) is 18.2 Å². The van der Waals surface area contributed by atoms with E-state index in [1.807, 2.05) is 0 Å². The first kappa shape index (κ1) is 17.0. The molecule has 0 saturated carbocycles. The maximum absolute atomic E-state index is 13.3. The molecule has 0 aliphatic heterocycles. The predicted molar refractivity (Wildman–Crippen MR) is 76.4 cm³/mol. The van der Waals surface area contributed by atoms with Crippen LogP contribution in [0.5, 0.6) is 5.75 Å². The van der Waals surface area contributed by atoms with Crippen LogP contribution in [0.3, 0.4) is 0 Å². The molecule has 114 valence electrons. The number of halogens is 1. The number of carbonyl (C=O) groups excluding carboxylic acids is 1. The summed E-state index contributed by atoms with van der Waals surface area (Å²) in [4.78, 5) is 12.0. The van der Waals surface area contributed by atoms with Gasteiger partial charge in [-0.25, -0.2) is 4.39 Å². The van der Waals surface area contributed by atoms with Gasteiger partial charge in [-0.3, -0.25) is 4.79 Å². The maximum Gasteiger partial charge on any atom is 0.308 e. The highest BCUT2D eigenvalue weighted by atomic mass is 19.1. The van der Waals surface area contributed by atoms with Gasteiger partial charge in [0.05, 0.1) is 25.0 Å². The molecule has 0 aromatic heterocycles. The quantitative estimate of drug-likeness (QED) is 0.799. The first-order chi connectivity index (χ1) is 9.61. The monoisotopic (exact) mass is 293 g/mol. The lowest BCUT2D eigenvalue weighted by Crippen LogP contribution is -2.30. The zero-order chi connectivity index (χ0) is 16.3. The van der Waals surface area contributed by atoms with E-state index in [0.717, 1.165) is 0 Å². The number of hydrogen-bond donors (Lipinski definition) is 0. The van der Waals surface area contributed by atoms with Gasteiger partial charge in [-0.05, 0) is 33.8 Å². The van der Waals surface area contributed by atoms with Crippen molar-refractivity contribution in [2.24, 2.45) is 0 Å². The van der Waals surface area contributed by atoms with E-state index in [1.54, 1.807) is 27.7 Å². The first-order valence-electron chi connectivity index (χ1n) is 6.58. The third-order valence-electron chi connectivity index (χ3n) is 2.92. The summed E-state index contributed by atoms with van der Waals surface area (Å²) in [6.07, 6.45) is -0.136. The van der Waals surface area contributed by atoms with Gasteiger partial charge in [-0.2, -0.15) is 5.26 Å². The second-order valence-corrected chi connectivity index (χ2v) is 6.05. The van der Waals surface area contributed by atoms with Crippen LogP contribution in [0.25, 0.3) is 0 Å². The van der Waals surface area contributed by atoms with Gasteiger partial charge >= 0.3 is 5.97 Å². The highest BCUT2D eigenvalue weighted by Crippen LogP contribution is 2.35. The van der Waals surface area contributed by atoms with Crippen molar-refractivity contribution in [3.63, 3.8) is 0 Å². The average Bonchev–Trinajstić information content (AvgIpc) is 2.35. The molecule has 0 fully saturated rings. The van der Waals surface area contributed by atoms with E-state index in [-0.39, 0.29) is 12.2 Å². The number of nitrogens with zero attached hydrogens (tertiary/aromatic N) is 1. The van der Waals surface area contributed by atoms with Crippen molar-refractivity contribution >= 4 is 5.97 Å². The third kappa shape index (κ3) is 4.45. The predicted octanol–water partition coefficient (Wildman–Crippen LogP) is 3.35. The molecule has 5 heteroatoms. The van der Waals surface area contributed by atoms with Gasteiger partial charge in [0.2, 0.25) is 0 Å². The Balaban J connectivity index is 3.11. The molecule has 0 aliphatic rings. The number of benzene rings is 1. The zero-order valence-electron chi connectivity index (χ0n) is 13.0. The molecule has 1 atom stereocenters. The van der Waals surface area contributed by atoms with Crippen LogP contribution < -0.4 is 4.74 Å². The average molecular weight is 293 g/mol. The second kappa shape index (κ2) is 6.13. The largest absolute Gasteiger partial charge is 0.496 e. The molecule has 1 aromatic rings. The van der Waals surface area contributed by atoms with Gasteiger partial charge in [0.25, 0.3) is 0 Å². The lowest BCUT2D eigenvalue weighted by molar-refractivity contribution is -0.155. The SMILES string of the molecule is COc1cc(F)ccc1C(C)(C#N)CC(=O)OC(C)(C)C. The van der Waals surface area contributed by atoms with E-state index < -0.39 is 22.8 Å². The fraction of sp³-hybridized carbons (Fsp3) is 0.500. The number of rotatable bonds is 4. The number of ether oxygens (including phenoxy) is 2. The molecular weight excluding hydrogens is 273 g/mol. The molecule has 1 aromatic carbocycles. The summed E-state index contributed by atoms with van der Waals surface area (Å²) >= 11 is 0. The van der Waals surface area contributed by atoms with Crippen LogP contribution in [-0.2, 0) is 14.9 Å². The molecule has 0 heterocycles. The standard InChI is InChI=1S/C16H20FNO3/c1-15(2,3)21-14(19)9-16(4,10-18)12-7-6-11(17)8-13(12)20-5/h6-8H,9H2,1-5H3. The number of esters is 1. The minimum absolute atomic E-state index is 0.136. The lowest BCUT2D eigenvalue weighted by Gasteiger charge is -2.26. The smallest absolute Gasteiger partial charge is 0.308 e. The summed E-state index contributed by atoms with van der Waals surface area (Å²) in [5.41, 5.74) is -1.32. The highest BCUT2D eigenvalue weighted by molar-refractivity contribution is 5.73. The van der Waals surface area contributed by atoms with Crippen molar-refractivity contribution in [3.8, 4) is 11.8 Å². The Bertz CT molecular complexity index is 572. The number of carbonyl (C=O) groups is 1. The molecule has 4 nitrogen and oxygen atoms in total. The Labute approximate surface area is 124 Å². The molecule has 0 amide bonds. The van der Waals surface area contributed by atoms with Crippen molar-refractivity contribution in [3.05, 3.63) is 29.6 Å². The van der Waals surface area contributed by atoms with Gasteiger partial charge in [0.15, 0.2) is 0 Å². The number of hydrogen-bond acceptors (Lipinski definition) is 4. The van der Waals surface area contributed by atoms with Gasteiger partial charge in [0, 0.05) is 11.6 Å². The van der Waals surface area contributed by atoms with E-state index in [0.29, 0.717) is 5.56 Å². The van der Waals surface area contributed by atoms with Crippen molar-refractivity contribution in [2.45, 2.75) is 45.1 Å². The van der Waals surface area contributed by atoms with E-state index >= 15 is 0 Å². The molecule has 0 N–H and O–H groups in total. The van der Waals surface area contributed by atoms with E-state index in [4.69, 9.17) is 9.47 Å². The molecule has 0 aliphatic carbocycles. The van der Waals surface area contributed by atoms with E-state index in [2.05, 4.69) is 6.07 Å². The molecule has 0 radical (unpaired) electrons. The Hall–Kier alpha value is -2.09. The molecule has 1 rings (SSSR count). The van der Waals surface area contributed by atoms with Crippen LogP contribution in [0.2, 0.25) is 0 Å². The minimum Gasteiger partial charge on any atom is -0.496 e. The van der Waals surface area contributed by atoms with Gasteiger partial charge < -0.3 is 9.47 Å². The first-order valence-corrected chi connectivity index (χ1v) is 6.58. The summed E-state index contributed by atoms with van der Waals surface area (Å²) < 4.78 is 23.6. The Morgan fingerprint density at radius 1 is 1.33 bits per heavy atom. The van der Waals surface area contributed by atoms with Crippen molar-refractivity contribution in [1.29, 1.82) is 5.26 Å². The summed E-state index contributed by atoms with van der Waals surface area (Å²) in [5.74, 6) is -0.714. The third-order valence-corrected chi connectivity index (χ3v) is 2.92. The molecule has 21 heavy (non-hydrogen) atoms. The van der Waals surface area contributed by atoms with Crippen molar-refractivity contribution < 1.29 is 18.7 Å². The summed E-state index contributed by atoms with van der Waals surface area (Å²) in [6.45, 7) is 6.87. The topological polar surface area (TPSA) is 59.3 Å². The molecule has 0 spiro atoms. The van der Waals surface area contributed by atoms with Crippen molar-refractivity contribution in [1.82, 2.24) is 0 Å². The Morgan fingerprint density at radius 3 is 2.43 bits per heavy atom. The second-order valence-electron chi connectivity index (χ2n) is 6.05. The van der Waals surface area contributed by atoms with Crippen molar-refractivity contribution in [2.75, 3.05) is 7.11 Å². The molecule has 0 bridgehead atoms. The summed E-state index contributed by atoms with van der Waals surface area (Å²) in [7, 11) is 1.39. The zero-order valence-corrected chi connectivity index (χ0v) is 13.0. The van der Waals surface area contributed by atoms with Crippen LogP contribution in [0.1, 0.15) is 39.7 Å². The normalized spacial score (nSPS) is 14.0. The molecule has 1 unspecified atom stereocenters. The van der Waals surface area contributed by atoms with Crippen LogP contribution in [0.4, 0.5) is 4.39 Å². The number of nitriles is 1. The van der Waals surface area contributed by atoms with E-state index in [1.165, 1.54) is 25.3 Å². The Kier molecular flexibility index (Phi) is 4.95. The summed E-state index contributed by atoms with van der Waals surface area (Å²) in [6, 6.07) is 6.00. The fourth-order valence-electron chi connectivity index (χ4n) is 1.98. The van der Waals surface area contributed by atoms with Gasteiger partial charge in [-0.15, -0.1) is 0 Å². The van der Waals surface area contributed by atoms with Crippen LogP contribution >= 0.6 is 0 Å². The molecular formula is C16H20FNO3. The van der Waals surface area contributed by atoms with Gasteiger partial charge in [0.1, 0.15) is 17.2 Å². The summed E-state index contributed by atoms with van der Waals surface area (Å²) in [5, 5.41) is 9.47. The van der Waals surface area contributed by atoms with Crippen LogP contribution in [-0.4, -0.2) is 18.7 Å². The van der Waals surface area contributed by atoms with Crippen LogP contribution in [0, 0.1) is 17.1 Å². The van der Waals surface area contributed by atoms with E-state index in [9.17, 15) is 14.4 Å². The highest BCUT2D eigenvalue weighted by Gasteiger charge is 2.34. The fourth-order valence-corrected chi connectivity index (χ4v) is 1.98. The maximum atomic E-state index is 13.3.